The van der Waals surface area contributed by atoms with Crippen LogP contribution in [0.3, 0.4) is 0 Å². The van der Waals surface area contributed by atoms with Crippen molar-refractivity contribution in [3.05, 3.63) is 0 Å². The van der Waals surface area contributed by atoms with Crippen LogP contribution in [0, 0.1) is 5.41 Å². The molecule has 22 heavy (non-hydrogen) atoms. The van der Waals surface area contributed by atoms with E-state index in [2.05, 4.69) is 40.8 Å². The first-order chi connectivity index (χ1) is 10.2. The van der Waals surface area contributed by atoms with Crippen molar-refractivity contribution in [2.45, 2.75) is 98.3 Å². The van der Waals surface area contributed by atoms with E-state index in [9.17, 15) is 9.59 Å². The second-order valence-electron chi connectivity index (χ2n) is 7.61. The van der Waals surface area contributed by atoms with Gasteiger partial charge in [-0.2, -0.15) is 0 Å². The Balaban J connectivity index is 4.06. The third-order valence-corrected chi connectivity index (χ3v) is 4.70. The molecule has 3 nitrogen and oxygen atoms in total. The number of Topliss-reactive ketones (excluding diaryl/α,β-unsaturated/α-hetero) is 2. The van der Waals surface area contributed by atoms with Crippen LogP contribution in [0.5, 0.6) is 0 Å². The molecule has 0 aliphatic rings. The minimum absolute atomic E-state index is 0.0630. The van der Waals surface area contributed by atoms with Crippen LogP contribution in [-0.2, 0) is 14.0 Å². The topological polar surface area (TPSA) is 43.4 Å². The summed E-state index contributed by atoms with van der Waals surface area (Å²) in [6.45, 7) is 12.9. The van der Waals surface area contributed by atoms with Gasteiger partial charge in [-0.15, -0.1) is 0 Å². The highest BCUT2D eigenvalue weighted by atomic mass is 28.3. The van der Waals surface area contributed by atoms with E-state index < -0.39 is 9.04 Å². The Labute approximate surface area is 138 Å². The van der Waals surface area contributed by atoms with Crippen LogP contribution in [0.2, 0.25) is 13.1 Å². The average Bonchev–Trinajstić information content (AvgIpc) is 2.39. The summed E-state index contributed by atoms with van der Waals surface area (Å²) in [7, 11) is -1.11. The largest absolute Gasteiger partial charge is 0.417 e. The number of hydrogen-bond acceptors (Lipinski definition) is 3. The van der Waals surface area contributed by atoms with Crippen LogP contribution in [-0.4, -0.2) is 26.7 Å². The van der Waals surface area contributed by atoms with Gasteiger partial charge in [0.25, 0.3) is 0 Å². The lowest BCUT2D eigenvalue weighted by molar-refractivity contribution is -0.124. The van der Waals surface area contributed by atoms with Gasteiger partial charge in [0.05, 0.1) is 0 Å². The molecule has 130 valence electrons. The first kappa shape index (κ1) is 21.5. The normalized spacial score (nSPS) is 13.4. The summed E-state index contributed by atoms with van der Waals surface area (Å²) in [6.07, 6.45) is 6.09. The highest BCUT2D eigenvalue weighted by Crippen LogP contribution is 2.27. The van der Waals surface area contributed by atoms with Crippen LogP contribution in [0.4, 0.5) is 0 Å². The maximum absolute atomic E-state index is 12.0. The van der Waals surface area contributed by atoms with Gasteiger partial charge in [0.2, 0.25) is 0 Å². The molecule has 0 saturated carbocycles. The lowest BCUT2D eigenvalue weighted by atomic mass is 9.86. The Morgan fingerprint density at radius 2 is 1.50 bits per heavy atom. The zero-order valence-corrected chi connectivity index (χ0v) is 16.7. The third-order valence-electron chi connectivity index (χ3n) is 3.83. The third kappa shape index (κ3) is 11.1. The fourth-order valence-electron chi connectivity index (χ4n) is 2.43. The first-order valence-electron chi connectivity index (χ1n) is 8.85. The van der Waals surface area contributed by atoms with Crippen LogP contribution < -0.4 is 0 Å². The molecule has 4 heteroatoms. The molecule has 0 bridgehead atoms. The van der Waals surface area contributed by atoms with Crippen LogP contribution in [0.15, 0.2) is 0 Å². The SMILES string of the molecule is CCCCCC(=O)CCC(=O)CCC(O[SiH](C)C)C(C)(C)C. The monoisotopic (exact) mass is 328 g/mol. The maximum atomic E-state index is 12.0. The van der Waals surface area contributed by atoms with E-state index in [4.69, 9.17) is 4.43 Å². The Morgan fingerprint density at radius 1 is 0.955 bits per heavy atom. The van der Waals surface area contributed by atoms with Crippen molar-refractivity contribution in [2.75, 3.05) is 0 Å². The van der Waals surface area contributed by atoms with Crippen molar-refractivity contribution >= 4 is 20.6 Å². The molecule has 0 aliphatic carbocycles. The minimum Gasteiger partial charge on any atom is -0.417 e. The molecule has 0 saturated heterocycles. The minimum atomic E-state index is -1.11. The molecule has 0 aliphatic heterocycles. The number of carbonyl (C=O) groups excluding carboxylic acids is 2. The lowest BCUT2D eigenvalue weighted by Crippen LogP contribution is -2.33. The van der Waals surface area contributed by atoms with Crippen LogP contribution >= 0.6 is 0 Å². The van der Waals surface area contributed by atoms with E-state index in [0.29, 0.717) is 25.7 Å². The Hall–Kier alpha value is -0.483. The number of ketones is 2. The molecule has 0 N–H and O–H groups in total. The van der Waals surface area contributed by atoms with Crippen molar-refractivity contribution in [1.29, 1.82) is 0 Å². The van der Waals surface area contributed by atoms with Gasteiger partial charge in [0.1, 0.15) is 11.6 Å². The first-order valence-corrected chi connectivity index (χ1v) is 11.6. The second-order valence-corrected chi connectivity index (χ2v) is 9.98. The molecule has 1 unspecified atom stereocenters. The van der Waals surface area contributed by atoms with Gasteiger partial charge in [0.15, 0.2) is 9.04 Å². The van der Waals surface area contributed by atoms with Gasteiger partial charge in [-0.25, -0.2) is 0 Å². The molecule has 0 rings (SSSR count). The molecular formula is C18H36O3Si. The molecule has 0 spiro atoms. The van der Waals surface area contributed by atoms with E-state index in [0.717, 1.165) is 25.7 Å². The zero-order valence-electron chi connectivity index (χ0n) is 15.5. The maximum Gasteiger partial charge on any atom is 0.171 e. The summed E-state index contributed by atoms with van der Waals surface area (Å²) in [5.74, 6) is 0.437. The summed E-state index contributed by atoms with van der Waals surface area (Å²) < 4.78 is 6.08. The van der Waals surface area contributed by atoms with E-state index in [1.165, 1.54) is 0 Å². The van der Waals surface area contributed by atoms with Crippen LogP contribution in [0.25, 0.3) is 0 Å². The summed E-state index contributed by atoms with van der Waals surface area (Å²) in [4.78, 5) is 23.7. The van der Waals surface area contributed by atoms with E-state index in [-0.39, 0.29) is 23.1 Å². The van der Waals surface area contributed by atoms with Crippen molar-refractivity contribution < 1.29 is 14.0 Å². The molecule has 0 aromatic carbocycles. The van der Waals surface area contributed by atoms with Gasteiger partial charge in [-0.1, -0.05) is 40.5 Å². The van der Waals surface area contributed by atoms with Gasteiger partial charge in [0, 0.05) is 31.8 Å². The molecule has 0 amide bonds. The Morgan fingerprint density at radius 3 is 1.95 bits per heavy atom. The molecular weight excluding hydrogens is 292 g/mol. The molecule has 0 fully saturated rings. The predicted octanol–water partition coefficient (Wildman–Crippen LogP) is 4.68. The van der Waals surface area contributed by atoms with E-state index in [1.54, 1.807) is 0 Å². The number of rotatable bonds is 12. The van der Waals surface area contributed by atoms with Crippen molar-refractivity contribution in [1.82, 2.24) is 0 Å². The quantitative estimate of drug-likeness (QED) is 0.386. The summed E-state index contributed by atoms with van der Waals surface area (Å²) in [5.41, 5.74) is 0.0630. The predicted molar refractivity (Wildman–Crippen MR) is 95.8 cm³/mol. The molecule has 1 atom stereocenters. The fraction of sp³-hybridized carbons (Fsp3) is 0.889. The van der Waals surface area contributed by atoms with Crippen LogP contribution in [0.1, 0.15) is 79.1 Å². The lowest BCUT2D eigenvalue weighted by Gasteiger charge is -2.32. The number of carbonyl (C=O) groups is 2. The summed E-state index contributed by atoms with van der Waals surface area (Å²) >= 11 is 0. The smallest absolute Gasteiger partial charge is 0.171 e. The molecule has 0 radical (unpaired) electrons. The fourth-order valence-corrected chi connectivity index (χ4v) is 3.63. The number of unbranched alkanes of at least 4 members (excludes halogenated alkanes) is 2. The van der Waals surface area contributed by atoms with E-state index >= 15 is 0 Å². The van der Waals surface area contributed by atoms with E-state index in [1.807, 2.05) is 0 Å². The number of hydrogen-bond donors (Lipinski definition) is 0. The highest BCUT2D eigenvalue weighted by Gasteiger charge is 2.26. The van der Waals surface area contributed by atoms with Crippen molar-refractivity contribution in [2.24, 2.45) is 5.41 Å². The Bertz CT molecular complexity index is 332. The zero-order chi connectivity index (χ0) is 17.2. The molecule has 0 aromatic rings. The summed E-state index contributed by atoms with van der Waals surface area (Å²) in [5, 5.41) is 0. The second kappa shape index (κ2) is 11.1. The summed E-state index contributed by atoms with van der Waals surface area (Å²) in [6, 6.07) is 0. The molecule has 0 heterocycles. The van der Waals surface area contributed by atoms with Crippen molar-refractivity contribution in [3.8, 4) is 0 Å². The van der Waals surface area contributed by atoms with Gasteiger partial charge in [-0.3, -0.25) is 9.59 Å². The standard InChI is InChI=1S/C18H36O3Si/c1-7-8-9-10-15(19)11-12-16(20)13-14-17(18(2,3)4)21-22(5)6/h17,22H,7-14H2,1-6H3. The average molecular weight is 329 g/mol. The van der Waals surface area contributed by atoms with Gasteiger partial charge in [-0.05, 0) is 31.4 Å². The van der Waals surface area contributed by atoms with Gasteiger partial charge < -0.3 is 4.43 Å². The Kier molecular flexibility index (Phi) is 10.9. The molecule has 0 aromatic heterocycles. The van der Waals surface area contributed by atoms with Gasteiger partial charge >= 0.3 is 0 Å². The van der Waals surface area contributed by atoms with Crippen molar-refractivity contribution in [3.63, 3.8) is 0 Å². The highest BCUT2D eigenvalue weighted by molar-refractivity contribution is 6.48.